The smallest absolute Gasteiger partial charge is 0.337 e. The second kappa shape index (κ2) is 8.60. The van der Waals surface area contributed by atoms with Gasteiger partial charge in [-0.1, -0.05) is 6.92 Å². The fraction of sp³-hybridized carbons (Fsp3) is 0.435. The number of methoxy groups -OCH3 is 1. The second-order valence-electron chi connectivity index (χ2n) is 7.87. The van der Waals surface area contributed by atoms with Crippen molar-refractivity contribution in [3.8, 4) is 5.75 Å². The summed E-state index contributed by atoms with van der Waals surface area (Å²) in [6.45, 7) is 5.21. The summed E-state index contributed by atoms with van der Waals surface area (Å²) in [7, 11) is 1.36. The molecule has 1 atom stereocenters. The molecule has 1 unspecified atom stereocenters. The molecule has 1 aromatic carbocycles. The van der Waals surface area contributed by atoms with Gasteiger partial charge in [0.25, 0.3) is 5.56 Å². The lowest BCUT2D eigenvalue weighted by Gasteiger charge is -2.17. The first-order valence-electron chi connectivity index (χ1n) is 10.3. The highest BCUT2D eigenvalue weighted by Gasteiger charge is 2.23. The van der Waals surface area contributed by atoms with Gasteiger partial charge in [0.2, 0.25) is 0 Å². The lowest BCUT2D eigenvalue weighted by atomic mass is 9.89. The van der Waals surface area contributed by atoms with Crippen molar-refractivity contribution in [3.63, 3.8) is 0 Å². The number of fused-ring (bicyclic) bond motifs is 3. The van der Waals surface area contributed by atoms with E-state index in [0.717, 1.165) is 35.3 Å². The Hall–Kier alpha value is -2.67. The zero-order valence-electron chi connectivity index (χ0n) is 17.6. The Morgan fingerprint density at radius 2 is 2.07 bits per heavy atom. The van der Waals surface area contributed by atoms with Crippen molar-refractivity contribution in [3.05, 3.63) is 56.4 Å². The lowest BCUT2D eigenvalue weighted by Crippen LogP contribution is -2.25. The first kappa shape index (κ1) is 20.6. The highest BCUT2D eigenvalue weighted by molar-refractivity contribution is 7.18. The number of nitrogens with zero attached hydrogens (tertiary/aromatic N) is 2. The number of thiophene rings is 1. The van der Waals surface area contributed by atoms with Crippen LogP contribution in [-0.4, -0.2) is 29.2 Å². The molecule has 0 fully saturated rings. The number of rotatable bonds is 6. The van der Waals surface area contributed by atoms with Gasteiger partial charge in [0.05, 0.1) is 24.7 Å². The number of benzene rings is 1. The average molecular weight is 427 g/mol. The van der Waals surface area contributed by atoms with Crippen LogP contribution in [0.15, 0.2) is 29.1 Å². The molecule has 2 aromatic heterocycles. The maximum atomic E-state index is 13.2. The SMILES string of the molecule is COC(=O)c1ccc(OCCCn2c(C)nc3sc4c(c3c2=O)CCC(C)C4)cc1. The summed E-state index contributed by atoms with van der Waals surface area (Å²) in [4.78, 5) is 31.6. The number of hydrogen-bond donors (Lipinski definition) is 0. The van der Waals surface area contributed by atoms with E-state index < -0.39 is 0 Å². The van der Waals surface area contributed by atoms with E-state index in [1.54, 1.807) is 40.2 Å². The summed E-state index contributed by atoms with van der Waals surface area (Å²) in [5, 5.41) is 0.826. The third-order valence-electron chi connectivity index (χ3n) is 5.68. The van der Waals surface area contributed by atoms with Gasteiger partial charge in [-0.3, -0.25) is 9.36 Å². The predicted molar refractivity (Wildman–Crippen MR) is 118 cm³/mol. The van der Waals surface area contributed by atoms with E-state index in [9.17, 15) is 9.59 Å². The maximum Gasteiger partial charge on any atom is 0.337 e. The highest BCUT2D eigenvalue weighted by Crippen LogP contribution is 2.35. The van der Waals surface area contributed by atoms with Gasteiger partial charge in [0.1, 0.15) is 16.4 Å². The molecule has 2 heterocycles. The van der Waals surface area contributed by atoms with Crippen LogP contribution in [0, 0.1) is 12.8 Å². The number of esters is 1. The van der Waals surface area contributed by atoms with Crippen LogP contribution in [0.4, 0.5) is 0 Å². The van der Waals surface area contributed by atoms with Crippen LogP contribution < -0.4 is 10.3 Å². The van der Waals surface area contributed by atoms with E-state index in [4.69, 9.17) is 14.5 Å². The first-order chi connectivity index (χ1) is 14.5. The van der Waals surface area contributed by atoms with Crippen molar-refractivity contribution < 1.29 is 14.3 Å². The number of carbonyl (C=O) groups excluding carboxylic acids is 1. The van der Waals surface area contributed by atoms with Crippen LogP contribution in [-0.2, 0) is 24.1 Å². The summed E-state index contributed by atoms with van der Waals surface area (Å²) in [6.07, 6.45) is 3.85. The minimum atomic E-state index is -0.371. The van der Waals surface area contributed by atoms with E-state index in [1.807, 2.05) is 6.92 Å². The number of aromatic nitrogens is 2. The van der Waals surface area contributed by atoms with Crippen molar-refractivity contribution in [2.45, 2.75) is 46.1 Å². The molecule has 0 N–H and O–H groups in total. The number of aryl methyl sites for hydroxylation is 2. The molecule has 6 nitrogen and oxygen atoms in total. The van der Waals surface area contributed by atoms with E-state index in [1.165, 1.54) is 17.6 Å². The van der Waals surface area contributed by atoms with Crippen molar-refractivity contribution in [1.82, 2.24) is 9.55 Å². The van der Waals surface area contributed by atoms with Gasteiger partial charge in [-0.25, -0.2) is 9.78 Å². The highest BCUT2D eigenvalue weighted by atomic mass is 32.1. The molecule has 0 saturated heterocycles. The van der Waals surface area contributed by atoms with Gasteiger partial charge < -0.3 is 9.47 Å². The van der Waals surface area contributed by atoms with Crippen LogP contribution in [0.5, 0.6) is 5.75 Å². The number of ether oxygens (including phenoxy) is 2. The van der Waals surface area contributed by atoms with Crippen LogP contribution >= 0.6 is 11.3 Å². The second-order valence-corrected chi connectivity index (χ2v) is 8.95. The first-order valence-corrected chi connectivity index (χ1v) is 11.1. The van der Waals surface area contributed by atoms with Gasteiger partial charge in [-0.15, -0.1) is 11.3 Å². The molecule has 0 aliphatic heterocycles. The molecule has 0 bridgehead atoms. The third-order valence-corrected chi connectivity index (χ3v) is 6.82. The van der Waals surface area contributed by atoms with Crippen LogP contribution in [0.1, 0.15) is 46.4 Å². The van der Waals surface area contributed by atoms with E-state index in [-0.39, 0.29) is 11.5 Å². The Morgan fingerprint density at radius 1 is 1.30 bits per heavy atom. The largest absolute Gasteiger partial charge is 0.494 e. The normalized spacial score (nSPS) is 15.8. The van der Waals surface area contributed by atoms with E-state index in [0.29, 0.717) is 36.8 Å². The Morgan fingerprint density at radius 3 is 2.80 bits per heavy atom. The molecule has 0 amide bonds. The minimum Gasteiger partial charge on any atom is -0.494 e. The number of carbonyl (C=O) groups is 1. The molecule has 0 spiro atoms. The quantitative estimate of drug-likeness (QED) is 0.437. The summed E-state index contributed by atoms with van der Waals surface area (Å²) in [6, 6.07) is 6.84. The number of hydrogen-bond acceptors (Lipinski definition) is 6. The maximum absolute atomic E-state index is 13.2. The lowest BCUT2D eigenvalue weighted by molar-refractivity contribution is 0.0600. The van der Waals surface area contributed by atoms with Gasteiger partial charge in [-0.05, 0) is 68.4 Å². The Balaban J connectivity index is 1.44. The molecular formula is C23H26N2O4S. The molecule has 3 aromatic rings. The van der Waals surface area contributed by atoms with Gasteiger partial charge >= 0.3 is 5.97 Å². The molecule has 0 radical (unpaired) electrons. The Bertz CT molecular complexity index is 1130. The van der Waals surface area contributed by atoms with Crippen molar-refractivity contribution in [2.24, 2.45) is 5.92 Å². The standard InChI is InChI=1S/C23H26N2O4S/c1-14-5-10-18-19(13-14)30-21-20(18)22(26)25(15(2)24-21)11-4-12-29-17-8-6-16(7-9-17)23(27)28-3/h6-9,14H,4-5,10-13H2,1-3H3. The summed E-state index contributed by atoms with van der Waals surface area (Å²) in [5.74, 6) is 1.74. The third kappa shape index (κ3) is 3.99. The molecule has 4 rings (SSSR count). The zero-order valence-corrected chi connectivity index (χ0v) is 18.4. The fourth-order valence-corrected chi connectivity index (χ4v) is 5.42. The van der Waals surface area contributed by atoms with Crippen LogP contribution in [0.25, 0.3) is 10.2 Å². The zero-order chi connectivity index (χ0) is 21.3. The van der Waals surface area contributed by atoms with Gasteiger partial charge in [-0.2, -0.15) is 0 Å². The average Bonchev–Trinajstić information content (AvgIpc) is 3.10. The summed E-state index contributed by atoms with van der Waals surface area (Å²) >= 11 is 1.69. The molecule has 7 heteroatoms. The van der Waals surface area contributed by atoms with E-state index >= 15 is 0 Å². The topological polar surface area (TPSA) is 70.4 Å². The van der Waals surface area contributed by atoms with Crippen molar-refractivity contribution in [1.29, 1.82) is 0 Å². The monoisotopic (exact) mass is 426 g/mol. The summed E-state index contributed by atoms with van der Waals surface area (Å²) in [5.41, 5.74) is 1.79. The van der Waals surface area contributed by atoms with E-state index in [2.05, 4.69) is 6.92 Å². The summed E-state index contributed by atoms with van der Waals surface area (Å²) < 4.78 is 12.2. The molecule has 30 heavy (non-hydrogen) atoms. The molecule has 0 saturated carbocycles. The Kier molecular flexibility index (Phi) is 5.90. The molecule has 1 aliphatic rings. The van der Waals surface area contributed by atoms with Gasteiger partial charge in [0.15, 0.2) is 0 Å². The predicted octanol–water partition coefficient (Wildman–Crippen LogP) is 4.15. The van der Waals surface area contributed by atoms with Crippen molar-refractivity contribution in [2.75, 3.05) is 13.7 Å². The molecule has 158 valence electrons. The van der Waals surface area contributed by atoms with Crippen LogP contribution in [0.3, 0.4) is 0 Å². The minimum absolute atomic E-state index is 0.0759. The fourth-order valence-electron chi connectivity index (χ4n) is 4.01. The molecule has 1 aliphatic carbocycles. The van der Waals surface area contributed by atoms with Crippen molar-refractivity contribution >= 4 is 27.5 Å². The molecular weight excluding hydrogens is 400 g/mol. The van der Waals surface area contributed by atoms with Crippen LogP contribution in [0.2, 0.25) is 0 Å². The van der Waals surface area contributed by atoms with Gasteiger partial charge in [0, 0.05) is 11.4 Å². The Labute approximate surface area is 179 Å².